The molecule has 0 amide bonds. The second-order valence-corrected chi connectivity index (χ2v) is 4.06. The predicted octanol–water partition coefficient (Wildman–Crippen LogP) is 1.50. The number of aliphatic carboxylic acids is 1. The van der Waals surface area contributed by atoms with Gasteiger partial charge in [-0.3, -0.25) is 4.79 Å². The molecule has 0 spiro atoms. The number of nitrogens with one attached hydrogen (secondary N) is 1. The molecule has 2 unspecified atom stereocenters. The van der Waals surface area contributed by atoms with Crippen LogP contribution < -0.4 is 5.32 Å². The van der Waals surface area contributed by atoms with Gasteiger partial charge in [-0.05, 0) is 25.8 Å². The van der Waals surface area contributed by atoms with Crippen LogP contribution >= 0.6 is 0 Å². The minimum atomic E-state index is -0.808. The lowest BCUT2D eigenvalue weighted by molar-refractivity contribution is -0.140. The van der Waals surface area contributed by atoms with Gasteiger partial charge >= 0.3 is 5.97 Å². The first-order chi connectivity index (χ1) is 6.99. The molecule has 0 bridgehead atoms. The Morgan fingerprint density at radius 3 is 2.40 bits per heavy atom. The molecule has 15 heavy (non-hydrogen) atoms. The van der Waals surface area contributed by atoms with Gasteiger partial charge in [-0.25, -0.2) is 0 Å². The van der Waals surface area contributed by atoms with Crippen LogP contribution in [0.2, 0.25) is 0 Å². The maximum atomic E-state index is 10.8. The van der Waals surface area contributed by atoms with Crippen LogP contribution in [0.15, 0.2) is 0 Å². The number of carboxylic acid groups (broad SMARTS) is 1. The van der Waals surface area contributed by atoms with Gasteiger partial charge in [0.2, 0.25) is 0 Å². The SMILES string of the molecule is CCNC(CCOC(C)C(C)C)C(=O)O. The second-order valence-electron chi connectivity index (χ2n) is 4.06. The summed E-state index contributed by atoms with van der Waals surface area (Å²) in [6.45, 7) is 9.23. The van der Waals surface area contributed by atoms with Gasteiger partial charge in [0.1, 0.15) is 6.04 Å². The van der Waals surface area contributed by atoms with Crippen LogP contribution in [0.5, 0.6) is 0 Å². The molecule has 0 rings (SSSR count). The van der Waals surface area contributed by atoms with Gasteiger partial charge in [-0.15, -0.1) is 0 Å². The van der Waals surface area contributed by atoms with E-state index in [1.165, 1.54) is 0 Å². The van der Waals surface area contributed by atoms with Crippen molar-refractivity contribution in [2.24, 2.45) is 5.92 Å². The zero-order valence-corrected chi connectivity index (χ0v) is 10.1. The normalized spacial score (nSPS) is 15.3. The molecule has 0 aromatic rings. The van der Waals surface area contributed by atoms with Crippen molar-refractivity contribution in [1.29, 1.82) is 0 Å². The number of ether oxygens (including phenoxy) is 1. The van der Waals surface area contributed by atoms with E-state index in [1.807, 2.05) is 13.8 Å². The fourth-order valence-electron chi connectivity index (χ4n) is 1.12. The summed E-state index contributed by atoms with van der Waals surface area (Å²) in [7, 11) is 0. The summed E-state index contributed by atoms with van der Waals surface area (Å²) >= 11 is 0. The molecule has 0 radical (unpaired) electrons. The third-order valence-electron chi connectivity index (χ3n) is 2.47. The van der Waals surface area contributed by atoms with Crippen molar-refractivity contribution in [2.45, 2.75) is 46.3 Å². The Kier molecular flexibility index (Phi) is 7.34. The van der Waals surface area contributed by atoms with E-state index in [0.717, 1.165) is 0 Å². The molecule has 0 aliphatic heterocycles. The summed E-state index contributed by atoms with van der Waals surface area (Å²) in [4.78, 5) is 10.8. The van der Waals surface area contributed by atoms with Crippen LogP contribution in [0.1, 0.15) is 34.1 Å². The van der Waals surface area contributed by atoms with Gasteiger partial charge in [-0.1, -0.05) is 20.8 Å². The zero-order chi connectivity index (χ0) is 11.8. The Labute approximate surface area is 92.0 Å². The van der Waals surface area contributed by atoms with E-state index >= 15 is 0 Å². The summed E-state index contributed by atoms with van der Waals surface area (Å²) in [6, 6.07) is -0.491. The number of rotatable bonds is 8. The summed E-state index contributed by atoms with van der Waals surface area (Å²) in [6.07, 6.45) is 0.696. The van der Waals surface area contributed by atoms with Gasteiger partial charge in [0, 0.05) is 6.61 Å². The highest BCUT2D eigenvalue weighted by Crippen LogP contribution is 2.06. The van der Waals surface area contributed by atoms with Gasteiger partial charge in [0.05, 0.1) is 6.10 Å². The van der Waals surface area contributed by atoms with Gasteiger partial charge < -0.3 is 15.2 Å². The van der Waals surface area contributed by atoms with Crippen LogP contribution in [-0.4, -0.2) is 36.4 Å². The van der Waals surface area contributed by atoms with E-state index in [0.29, 0.717) is 25.5 Å². The van der Waals surface area contributed by atoms with Crippen LogP contribution in [0, 0.1) is 5.92 Å². The lowest BCUT2D eigenvalue weighted by atomic mass is 10.1. The number of carbonyl (C=O) groups is 1. The lowest BCUT2D eigenvalue weighted by Crippen LogP contribution is -2.37. The van der Waals surface area contributed by atoms with Crippen molar-refractivity contribution in [3.8, 4) is 0 Å². The average Bonchev–Trinajstić information content (AvgIpc) is 2.15. The molecule has 0 heterocycles. The molecule has 0 saturated heterocycles. The summed E-state index contributed by atoms with van der Waals surface area (Å²) in [5.41, 5.74) is 0. The Balaban J connectivity index is 3.75. The summed E-state index contributed by atoms with van der Waals surface area (Å²) < 4.78 is 5.53. The molecule has 4 nitrogen and oxygen atoms in total. The minimum Gasteiger partial charge on any atom is -0.480 e. The molecule has 0 aliphatic carbocycles. The smallest absolute Gasteiger partial charge is 0.320 e. The van der Waals surface area contributed by atoms with Crippen molar-refractivity contribution >= 4 is 5.97 Å². The van der Waals surface area contributed by atoms with E-state index in [2.05, 4.69) is 19.2 Å². The first kappa shape index (κ1) is 14.4. The average molecular weight is 217 g/mol. The molecule has 4 heteroatoms. The van der Waals surface area contributed by atoms with Crippen molar-refractivity contribution in [2.75, 3.05) is 13.2 Å². The minimum absolute atomic E-state index is 0.182. The number of hydrogen-bond acceptors (Lipinski definition) is 3. The van der Waals surface area contributed by atoms with E-state index < -0.39 is 12.0 Å². The van der Waals surface area contributed by atoms with Gasteiger partial charge in [-0.2, -0.15) is 0 Å². The third kappa shape index (κ3) is 6.47. The first-order valence-corrected chi connectivity index (χ1v) is 5.56. The largest absolute Gasteiger partial charge is 0.480 e. The zero-order valence-electron chi connectivity index (χ0n) is 10.1. The van der Waals surface area contributed by atoms with Crippen LogP contribution in [0.3, 0.4) is 0 Å². The topological polar surface area (TPSA) is 58.6 Å². The molecule has 0 aliphatic rings. The fourth-order valence-corrected chi connectivity index (χ4v) is 1.12. The van der Waals surface area contributed by atoms with Crippen LogP contribution in [0.25, 0.3) is 0 Å². The molecule has 90 valence electrons. The number of hydrogen-bond donors (Lipinski definition) is 2. The van der Waals surface area contributed by atoms with Gasteiger partial charge in [0.25, 0.3) is 0 Å². The highest BCUT2D eigenvalue weighted by atomic mass is 16.5. The number of likely N-dealkylation sites (N-methyl/N-ethyl adjacent to an activating group) is 1. The Hall–Kier alpha value is -0.610. The van der Waals surface area contributed by atoms with Crippen molar-refractivity contribution in [1.82, 2.24) is 5.32 Å². The van der Waals surface area contributed by atoms with E-state index in [9.17, 15) is 4.79 Å². The number of carboxylic acids is 1. The highest BCUT2D eigenvalue weighted by Gasteiger charge is 2.16. The van der Waals surface area contributed by atoms with E-state index in [1.54, 1.807) is 0 Å². The van der Waals surface area contributed by atoms with Crippen molar-refractivity contribution < 1.29 is 14.6 Å². The maximum absolute atomic E-state index is 10.8. The molecule has 0 saturated carbocycles. The quantitative estimate of drug-likeness (QED) is 0.647. The first-order valence-electron chi connectivity index (χ1n) is 5.56. The second kappa shape index (κ2) is 7.65. The van der Waals surface area contributed by atoms with Crippen molar-refractivity contribution in [3.63, 3.8) is 0 Å². The molecule has 0 fully saturated rings. The fraction of sp³-hybridized carbons (Fsp3) is 0.909. The molecule has 2 atom stereocenters. The van der Waals surface area contributed by atoms with Crippen molar-refractivity contribution in [3.05, 3.63) is 0 Å². The Morgan fingerprint density at radius 2 is 2.00 bits per heavy atom. The molecule has 0 aromatic heterocycles. The molecule has 2 N–H and O–H groups in total. The standard InChI is InChI=1S/C11H23NO3/c1-5-12-10(11(13)14)6-7-15-9(4)8(2)3/h8-10,12H,5-7H2,1-4H3,(H,13,14). The third-order valence-corrected chi connectivity index (χ3v) is 2.47. The molecular weight excluding hydrogens is 194 g/mol. The Morgan fingerprint density at radius 1 is 1.40 bits per heavy atom. The van der Waals surface area contributed by atoms with Gasteiger partial charge in [0.15, 0.2) is 0 Å². The summed E-state index contributed by atoms with van der Waals surface area (Å²) in [5.74, 6) is -0.343. The summed E-state index contributed by atoms with van der Waals surface area (Å²) in [5, 5.41) is 11.8. The monoisotopic (exact) mass is 217 g/mol. The van der Waals surface area contributed by atoms with Crippen LogP contribution in [0.4, 0.5) is 0 Å². The Bertz CT molecular complexity index is 183. The molecule has 0 aromatic carbocycles. The van der Waals surface area contributed by atoms with E-state index in [4.69, 9.17) is 9.84 Å². The predicted molar refractivity (Wildman–Crippen MR) is 60.0 cm³/mol. The van der Waals surface area contributed by atoms with Crippen LogP contribution in [-0.2, 0) is 9.53 Å². The maximum Gasteiger partial charge on any atom is 0.320 e. The lowest BCUT2D eigenvalue weighted by Gasteiger charge is -2.18. The van der Waals surface area contributed by atoms with E-state index in [-0.39, 0.29) is 6.10 Å². The molecular formula is C11H23NO3. The highest BCUT2D eigenvalue weighted by molar-refractivity contribution is 5.73.